The fraction of sp³-hybridized carbons (Fsp3) is 1.00. The van der Waals surface area contributed by atoms with Crippen LogP contribution in [-0.4, -0.2) is 49.0 Å². The number of hydrogen-bond donors (Lipinski definition) is 1. The highest BCUT2D eigenvalue weighted by molar-refractivity contribution is 4.84. The minimum Gasteiger partial charge on any atom is -0.395 e. The summed E-state index contributed by atoms with van der Waals surface area (Å²) in [6.07, 6.45) is 1.30. The molecule has 1 fully saturated rings. The third kappa shape index (κ3) is 1.92. The van der Waals surface area contributed by atoms with Crippen molar-refractivity contribution in [1.29, 1.82) is 0 Å². The van der Waals surface area contributed by atoms with Crippen LogP contribution in [0.3, 0.4) is 0 Å². The molecule has 0 aromatic carbocycles. The maximum Gasteiger partial charge on any atom is 0.0714 e. The Morgan fingerprint density at radius 1 is 1.64 bits per heavy atom. The van der Waals surface area contributed by atoms with Crippen molar-refractivity contribution in [3.05, 3.63) is 0 Å². The Labute approximate surface area is 68.0 Å². The van der Waals surface area contributed by atoms with Gasteiger partial charge < -0.3 is 9.84 Å². The van der Waals surface area contributed by atoms with Crippen LogP contribution < -0.4 is 0 Å². The number of rotatable bonds is 3. The van der Waals surface area contributed by atoms with Gasteiger partial charge in [0.2, 0.25) is 0 Å². The zero-order chi connectivity index (χ0) is 8.27. The first kappa shape index (κ1) is 8.97. The van der Waals surface area contributed by atoms with Gasteiger partial charge in [-0.25, -0.2) is 0 Å². The molecule has 1 saturated heterocycles. The Morgan fingerprint density at radius 3 is 2.73 bits per heavy atom. The monoisotopic (exact) mass is 159 g/mol. The third-order valence-electron chi connectivity index (χ3n) is 2.44. The van der Waals surface area contributed by atoms with E-state index in [1.54, 1.807) is 7.11 Å². The Morgan fingerprint density at radius 2 is 2.36 bits per heavy atom. The second-order valence-electron chi connectivity index (χ2n) is 3.02. The summed E-state index contributed by atoms with van der Waals surface area (Å²) in [4.78, 5) is 2.26. The summed E-state index contributed by atoms with van der Waals surface area (Å²) >= 11 is 0. The van der Waals surface area contributed by atoms with Crippen LogP contribution in [0.1, 0.15) is 13.3 Å². The zero-order valence-electron chi connectivity index (χ0n) is 7.29. The summed E-state index contributed by atoms with van der Waals surface area (Å²) < 4.78 is 5.22. The van der Waals surface area contributed by atoms with Crippen LogP contribution in [-0.2, 0) is 4.74 Å². The topological polar surface area (TPSA) is 32.7 Å². The molecule has 1 heterocycles. The van der Waals surface area contributed by atoms with Gasteiger partial charge in [0.25, 0.3) is 0 Å². The van der Waals surface area contributed by atoms with Gasteiger partial charge in [-0.05, 0) is 13.0 Å². The standard InChI is InChI=1S/C8H17NO2/c1-3-9-5-8(11-2)4-7(9)6-10/h7-8,10H,3-6H2,1-2H3. The highest BCUT2D eigenvalue weighted by Crippen LogP contribution is 2.18. The summed E-state index contributed by atoms with van der Waals surface area (Å²) in [5.74, 6) is 0. The third-order valence-corrected chi connectivity index (χ3v) is 2.44. The molecular formula is C8H17NO2. The first-order chi connectivity index (χ1) is 5.31. The van der Waals surface area contributed by atoms with Gasteiger partial charge in [-0.15, -0.1) is 0 Å². The molecule has 0 radical (unpaired) electrons. The molecule has 2 atom stereocenters. The Bertz CT molecular complexity index is 107. The van der Waals surface area contributed by atoms with Crippen molar-refractivity contribution >= 4 is 0 Å². The number of aliphatic hydroxyl groups excluding tert-OH is 1. The molecule has 0 spiro atoms. The predicted molar refractivity (Wildman–Crippen MR) is 43.5 cm³/mol. The minimum atomic E-state index is 0.258. The maximum atomic E-state index is 8.98. The molecule has 0 saturated carbocycles. The largest absolute Gasteiger partial charge is 0.395 e. The number of methoxy groups -OCH3 is 1. The lowest BCUT2D eigenvalue weighted by atomic mass is 10.2. The number of nitrogens with zero attached hydrogens (tertiary/aromatic N) is 1. The molecular weight excluding hydrogens is 142 g/mol. The van der Waals surface area contributed by atoms with Gasteiger partial charge >= 0.3 is 0 Å². The smallest absolute Gasteiger partial charge is 0.0714 e. The van der Waals surface area contributed by atoms with Gasteiger partial charge in [0.1, 0.15) is 0 Å². The van der Waals surface area contributed by atoms with Gasteiger partial charge in [0.05, 0.1) is 12.7 Å². The van der Waals surface area contributed by atoms with E-state index in [0.717, 1.165) is 19.5 Å². The average Bonchev–Trinajstić information content (AvgIpc) is 2.46. The molecule has 66 valence electrons. The molecule has 2 unspecified atom stereocenters. The van der Waals surface area contributed by atoms with E-state index in [-0.39, 0.29) is 6.61 Å². The van der Waals surface area contributed by atoms with Crippen LogP contribution in [0.2, 0.25) is 0 Å². The Hall–Kier alpha value is -0.120. The van der Waals surface area contributed by atoms with Crippen molar-refractivity contribution < 1.29 is 9.84 Å². The molecule has 1 aliphatic heterocycles. The fourth-order valence-corrected chi connectivity index (χ4v) is 1.69. The molecule has 1 rings (SSSR count). The van der Waals surface area contributed by atoms with Gasteiger partial charge in [0, 0.05) is 19.7 Å². The fourth-order valence-electron chi connectivity index (χ4n) is 1.69. The molecule has 0 aromatic heterocycles. The van der Waals surface area contributed by atoms with E-state index in [2.05, 4.69) is 11.8 Å². The van der Waals surface area contributed by atoms with Gasteiger partial charge in [-0.2, -0.15) is 0 Å². The van der Waals surface area contributed by atoms with E-state index >= 15 is 0 Å². The predicted octanol–water partition coefficient (Wildman–Crippen LogP) is 0.0879. The van der Waals surface area contributed by atoms with E-state index < -0.39 is 0 Å². The van der Waals surface area contributed by atoms with Crippen molar-refractivity contribution in [3.63, 3.8) is 0 Å². The van der Waals surface area contributed by atoms with E-state index in [9.17, 15) is 0 Å². The number of likely N-dealkylation sites (N-methyl/N-ethyl adjacent to an activating group) is 1. The molecule has 1 aliphatic rings. The lowest BCUT2D eigenvalue weighted by molar-refractivity contribution is 0.109. The number of hydrogen-bond acceptors (Lipinski definition) is 3. The summed E-state index contributed by atoms with van der Waals surface area (Å²) in [6.45, 7) is 4.34. The summed E-state index contributed by atoms with van der Waals surface area (Å²) in [5.41, 5.74) is 0. The van der Waals surface area contributed by atoms with Crippen molar-refractivity contribution in [3.8, 4) is 0 Å². The van der Waals surface area contributed by atoms with Gasteiger partial charge in [0.15, 0.2) is 0 Å². The normalized spacial score (nSPS) is 33.0. The van der Waals surface area contributed by atoms with Crippen molar-refractivity contribution in [2.75, 3.05) is 26.8 Å². The van der Waals surface area contributed by atoms with Crippen LogP contribution in [0.5, 0.6) is 0 Å². The molecule has 3 heteroatoms. The molecule has 0 amide bonds. The molecule has 11 heavy (non-hydrogen) atoms. The molecule has 0 aromatic rings. The quantitative estimate of drug-likeness (QED) is 0.633. The van der Waals surface area contributed by atoms with Crippen molar-refractivity contribution in [1.82, 2.24) is 4.90 Å². The van der Waals surface area contributed by atoms with Crippen LogP contribution >= 0.6 is 0 Å². The number of ether oxygens (including phenoxy) is 1. The lowest BCUT2D eigenvalue weighted by Crippen LogP contribution is -2.32. The summed E-state index contributed by atoms with van der Waals surface area (Å²) in [7, 11) is 1.73. The molecule has 1 N–H and O–H groups in total. The molecule has 0 aliphatic carbocycles. The van der Waals surface area contributed by atoms with Crippen LogP contribution in [0.15, 0.2) is 0 Å². The Kier molecular flexibility index (Phi) is 3.30. The summed E-state index contributed by atoms with van der Waals surface area (Å²) in [5, 5.41) is 8.98. The van der Waals surface area contributed by atoms with Crippen molar-refractivity contribution in [2.45, 2.75) is 25.5 Å². The van der Waals surface area contributed by atoms with Gasteiger partial charge in [-0.3, -0.25) is 4.90 Å². The van der Waals surface area contributed by atoms with Gasteiger partial charge in [-0.1, -0.05) is 6.92 Å². The number of aliphatic hydroxyl groups is 1. The van der Waals surface area contributed by atoms with E-state index in [1.807, 2.05) is 0 Å². The van der Waals surface area contributed by atoms with Crippen LogP contribution in [0, 0.1) is 0 Å². The first-order valence-corrected chi connectivity index (χ1v) is 4.19. The molecule has 0 bridgehead atoms. The van der Waals surface area contributed by atoms with E-state index in [0.29, 0.717) is 12.1 Å². The second kappa shape index (κ2) is 4.04. The molecule has 3 nitrogen and oxygen atoms in total. The summed E-state index contributed by atoms with van der Waals surface area (Å²) in [6, 6.07) is 0.324. The zero-order valence-corrected chi connectivity index (χ0v) is 7.29. The van der Waals surface area contributed by atoms with E-state index in [4.69, 9.17) is 9.84 Å². The average molecular weight is 159 g/mol. The first-order valence-electron chi connectivity index (χ1n) is 4.19. The van der Waals surface area contributed by atoms with Crippen molar-refractivity contribution in [2.24, 2.45) is 0 Å². The highest BCUT2D eigenvalue weighted by Gasteiger charge is 2.29. The number of likely N-dealkylation sites (tertiary alicyclic amines) is 1. The Balaban J connectivity index is 2.41. The minimum absolute atomic E-state index is 0.258. The lowest BCUT2D eigenvalue weighted by Gasteiger charge is -2.19. The SMILES string of the molecule is CCN1CC(OC)CC1CO. The van der Waals surface area contributed by atoms with Crippen LogP contribution in [0.4, 0.5) is 0 Å². The van der Waals surface area contributed by atoms with Crippen LogP contribution in [0.25, 0.3) is 0 Å². The second-order valence-corrected chi connectivity index (χ2v) is 3.02. The highest BCUT2D eigenvalue weighted by atomic mass is 16.5. The maximum absolute atomic E-state index is 8.98. The van der Waals surface area contributed by atoms with E-state index in [1.165, 1.54) is 0 Å².